The Kier molecular flexibility index (Phi) is 3.69. The lowest BCUT2D eigenvalue weighted by Crippen LogP contribution is -2.35. The lowest BCUT2D eigenvalue weighted by Gasteiger charge is -2.20. The number of hydrogen-bond acceptors (Lipinski definition) is 4. The van der Waals surface area contributed by atoms with Crippen molar-refractivity contribution in [3.8, 4) is 5.69 Å². The Morgan fingerprint density at radius 3 is 2.88 bits per heavy atom. The molecular formula is C16H14ClN5O3. The fourth-order valence-corrected chi connectivity index (χ4v) is 3.24. The van der Waals surface area contributed by atoms with Crippen LogP contribution in [0, 0.1) is 5.92 Å². The third-order valence-electron chi connectivity index (χ3n) is 4.27. The molecule has 8 nitrogen and oxygen atoms in total. The Labute approximate surface area is 146 Å². The second-order valence-corrected chi connectivity index (χ2v) is 6.37. The van der Waals surface area contributed by atoms with Gasteiger partial charge < -0.3 is 10.4 Å². The minimum atomic E-state index is -1.16. The van der Waals surface area contributed by atoms with E-state index in [0.717, 1.165) is 12.8 Å². The van der Waals surface area contributed by atoms with Gasteiger partial charge in [0.2, 0.25) is 0 Å². The highest BCUT2D eigenvalue weighted by Crippen LogP contribution is 2.41. The van der Waals surface area contributed by atoms with E-state index < -0.39 is 12.1 Å². The highest BCUT2D eigenvalue weighted by atomic mass is 35.5. The molecule has 1 aliphatic rings. The summed E-state index contributed by atoms with van der Waals surface area (Å²) in [5.74, 6) is 0.448. The molecule has 3 N–H and O–H groups in total. The Hall–Kier alpha value is -2.87. The van der Waals surface area contributed by atoms with E-state index in [4.69, 9.17) is 11.6 Å². The molecule has 128 valence electrons. The molecule has 1 unspecified atom stereocenters. The fraction of sp³-hybridized carbons (Fsp3) is 0.250. The number of fused-ring (bicyclic) bond motifs is 1. The van der Waals surface area contributed by atoms with Crippen LogP contribution >= 0.6 is 11.6 Å². The number of nitrogens with one attached hydrogen (secondary N) is 2. The van der Waals surface area contributed by atoms with E-state index >= 15 is 0 Å². The zero-order valence-corrected chi connectivity index (χ0v) is 13.7. The van der Waals surface area contributed by atoms with Crippen molar-refractivity contribution in [3.05, 3.63) is 51.8 Å². The summed E-state index contributed by atoms with van der Waals surface area (Å²) in [6, 6.07) is 4.44. The number of carbonyl (C=O) groups is 1. The number of rotatable bonds is 4. The van der Waals surface area contributed by atoms with E-state index in [0.29, 0.717) is 27.4 Å². The highest BCUT2D eigenvalue weighted by Gasteiger charge is 2.37. The Morgan fingerprint density at radius 1 is 1.44 bits per heavy atom. The van der Waals surface area contributed by atoms with E-state index in [9.17, 15) is 14.7 Å². The molecule has 1 amide bonds. The first kappa shape index (κ1) is 15.6. The van der Waals surface area contributed by atoms with Crippen molar-refractivity contribution in [2.24, 2.45) is 5.92 Å². The van der Waals surface area contributed by atoms with Crippen molar-refractivity contribution < 1.29 is 9.90 Å². The van der Waals surface area contributed by atoms with Crippen LogP contribution in [0.2, 0.25) is 5.02 Å². The smallest absolute Gasteiger partial charge is 0.405 e. The van der Waals surface area contributed by atoms with E-state index in [1.165, 1.54) is 10.8 Å². The average Bonchev–Trinajstić information content (AvgIpc) is 3.27. The van der Waals surface area contributed by atoms with Gasteiger partial charge in [-0.05, 0) is 30.9 Å². The standard InChI is InChI=1S/C16H14ClN5O3/c17-10-2-1-3-11-12(10)15(23)22(9-6-18-19-7-9)14(20-11)13(8-4-5-8)21-16(24)25/h1-3,6-8,13,21H,4-5H2,(H,18,19)(H,24,25). The van der Waals surface area contributed by atoms with Crippen LogP contribution in [0.15, 0.2) is 35.4 Å². The Bertz CT molecular complexity index is 1010. The molecule has 1 aliphatic carbocycles. The van der Waals surface area contributed by atoms with Gasteiger partial charge in [-0.15, -0.1) is 0 Å². The maximum atomic E-state index is 13.1. The van der Waals surface area contributed by atoms with Crippen LogP contribution < -0.4 is 10.9 Å². The zero-order valence-electron chi connectivity index (χ0n) is 12.9. The molecule has 1 saturated carbocycles. The number of aromatic nitrogens is 4. The molecule has 0 saturated heterocycles. The van der Waals surface area contributed by atoms with Gasteiger partial charge in [-0.25, -0.2) is 9.78 Å². The molecule has 0 bridgehead atoms. The van der Waals surface area contributed by atoms with Gasteiger partial charge in [0.1, 0.15) is 5.82 Å². The topological polar surface area (TPSA) is 113 Å². The lowest BCUT2D eigenvalue weighted by molar-refractivity contribution is 0.187. The monoisotopic (exact) mass is 359 g/mol. The number of halogens is 1. The second kappa shape index (κ2) is 5.89. The molecule has 0 spiro atoms. The van der Waals surface area contributed by atoms with Crippen LogP contribution in [0.3, 0.4) is 0 Å². The number of hydrogen-bond donors (Lipinski definition) is 3. The summed E-state index contributed by atoms with van der Waals surface area (Å²) in [6.45, 7) is 0. The van der Waals surface area contributed by atoms with E-state index in [-0.39, 0.29) is 11.5 Å². The summed E-state index contributed by atoms with van der Waals surface area (Å²) in [5, 5.41) is 18.8. The van der Waals surface area contributed by atoms with Crippen LogP contribution in [-0.4, -0.2) is 30.9 Å². The Morgan fingerprint density at radius 2 is 2.24 bits per heavy atom. The van der Waals surface area contributed by atoms with Crippen LogP contribution in [0.4, 0.5) is 4.79 Å². The number of H-pyrrole nitrogens is 1. The van der Waals surface area contributed by atoms with Gasteiger partial charge in [0.15, 0.2) is 0 Å². The molecule has 9 heteroatoms. The second-order valence-electron chi connectivity index (χ2n) is 5.97. The van der Waals surface area contributed by atoms with Crippen molar-refractivity contribution in [2.75, 3.05) is 0 Å². The Balaban J connectivity index is 2.03. The molecule has 3 aromatic rings. The van der Waals surface area contributed by atoms with Crippen molar-refractivity contribution in [3.63, 3.8) is 0 Å². The first-order chi connectivity index (χ1) is 12.1. The molecule has 4 rings (SSSR count). The highest BCUT2D eigenvalue weighted by molar-refractivity contribution is 6.35. The number of benzene rings is 1. The molecule has 25 heavy (non-hydrogen) atoms. The molecule has 0 aliphatic heterocycles. The van der Waals surface area contributed by atoms with E-state index in [1.807, 2.05) is 0 Å². The van der Waals surface area contributed by atoms with Gasteiger partial charge >= 0.3 is 6.09 Å². The summed E-state index contributed by atoms with van der Waals surface area (Å²) in [6.07, 6.45) is 3.63. The summed E-state index contributed by atoms with van der Waals surface area (Å²) < 4.78 is 1.37. The summed E-state index contributed by atoms with van der Waals surface area (Å²) in [5.41, 5.74) is 0.557. The van der Waals surface area contributed by atoms with Crippen molar-refractivity contribution >= 4 is 28.6 Å². The number of amides is 1. The van der Waals surface area contributed by atoms with Gasteiger partial charge in [-0.2, -0.15) is 5.10 Å². The number of carboxylic acid groups (broad SMARTS) is 1. The molecule has 2 heterocycles. The fourth-order valence-electron chi connectivity index (χ4n) is 2.99. The minimum absolute atomic E-state index is 0.109. The first-order valence-electron chi connectivity index (χ1n) is 7.76. The molecule has 1 fully saturated rings. The first-order valence-corrected chi connectivity index (χ1v) is 8.14. The molecule has 2 aromatic heterocycles. The normalized spacial score (nSPS) is 15.2. The molecule has 1 aromatic carbocycles. The number of nitrogens with zero attached hydrogens (tertiary/aromatic N) is 3. The van der Waals surface area contributed by atoms with Crippen molar-refractivity contribution in [1.82, 2.24) is 25.1 Å². The minimum Gasteiger partial charge on any atom is -0.465 e. The van der Waals surface area contributed by atoms with Crippen molar-refractivity contribution in [2.45, 2.75) is 18.9 Å². The van der Waals surface area contributed by atoms with Gasteiger partial charge in [-0.3, -0.25) is 14.5 Å². The predicted octanol–water partition coefficient (Wildman–Crippen LogP) is 2.48. The summed E-state index contributed by atoms with van der Waals surface area (Å²) in [7, 11) is 0. The van der Waals surface area contributed by atoms with Gasteiger partial charge in [0, 0.05) is 6.20 Å². The SMILES string of the molecule is O=C(O)NC(c1nc2cccc(Cl)c2c(=O)n1-c1cn[nH]c1)C1CC1. The quantitative estimate of drug-likeness (QED) is 0.662. The number of aromatic amines is 1. The van der Waals surface area contributed by atoms with Gasteiger partial charge in [0.05, 0.1) is 33.9 Å². The predicted molar refractivity (Wildman–Crippen MR) is 91.1 cm³/mol. The van der Waals surface area contributed by atoms with Crippen LogP contribution in [0.5, 0.6) is 0 Å². The van der Waals surface area contributed by atoms with Crippen LogP contribution in [-0.2, 0) is 0 Å². The van der Waals surface area contributed by atoms with Gasteiger partial charge in [0.25, 0.3) is 5.56 Å². The average molecular weight is 360 g/mol. The van der Waals surface area contributed by atoms with E-state index in [1.54, 1.807) is 24.4 Å². The summed E-state index contributed by atoms with van der Waals surface area (Å²) >= 11 is 6.20. The van der Waals surface area contributed by atoms with Crippen LogP contribution in [0.1, 0.15) is 24.7 Å². The third kappa shape index (κ3) is 2.74. The van der Waals surface area contributed by atoms with Crippen LogP contribution in [0.25, 0.3) is 16.6 Å². The van der Waals surface area contributed by atoms with Gasteiger partial charge in [-0.1, -0.05) is 17.7 Å². The largest absolute Gasteiger partial charge is 0.465 e. The molecule has 1 atom stereocenters. The maximum Gasteiger partial charge on any atom is 0.405 e. The molecular weight excluding hydrogens is 346 g/mol. The maximum absolute atomic E-state index is 13.1. The zero-order chi connectivity index (χ0) is 17.6. The van der Waals surface area contributed by atoms with Crippen molar-refractivity contribution in [1.29, 1.82) is 0 Å². The third-order valence-corrected chi connectivity index (χ3v) is 4.58. The van der Waals surface area contributed by atoms with E-state index in [2.05, 4.69) is 20.5 Å². The molecule has 0 radical (unpaired) electrons. The lowest BCUT2D eigenvalue weighted by atomic mass is 10.1. The summed E-state index contributed by atoms with van der Waals surface area (Å²) in [4.78, 5) is 29.0.